The van der Waals surface area contributed by atoms with Crippen LogP contribution in [0, 0.1) is 0 Å². The van der Waals surface area contributed by atoms with Gasteiger partial charge < -0.3 is 19.7 Å². The quantitative estimate of drug-likeness (QED) is 0.386. The molecule has 0 aliphatic carbocycles. The molecular weight excluding hydrogens is 349 g/mol. The average Bonchev–Trinajstić information content (AvgIpc) is 2.56. The fourth-order valence-corrected chi connectivity index (χ4v) is 2.37. The summed E-state index contributed by atoms with van der Waals surface area (Å²) in [5.41, 5.74) is 1.08. The normalized spacial score (nSPS) is 11.6. The van der Waals surface area contributed by atoms with E-state index in [9.17, 15) is 0 Å². The second kappa shape index (κ2) is 12.4. The third-order valence-electron chi connectivity index (χ3n) is 3.24. The molecule has 24 heavy (non-hydrogen) atoms. The topological polar surface area (TPSA) is 46.1 Å². The summed E-state index contributed by atoms with van der Waals surface area (Å²) in [7, 11) is 3.67. The Bertz CT molecular complexity index is 513. The predicted octanol–water partition coefficient (Wildman–Crippen LogP) is 3.44. The summed E-state index contributed by atoms with van der Waals surface area (Å²) in [6.07, 6.45) is 0.874. The van der Waals surface area contributed by atoms with Gasteiger partial charge in [0.05, 0.1) is 23.3 Å². The molecule has 0 saturated heterocycles. The van der Waals surface area contributed by atoms with Crippen molar-refractivity contribution in [1.82, 2.24) is 10.2 Å². The second-order valence-electron chi connectivity index (χ2n) is 5.30. The number of ether oxygens (including phenoxy) is 2. The van der Waals surface area contributed by atoms with Gasteiger partial charge in [-0.1, -0.05) is 29.3 Å². The zero-order chi connectivity index (χ0) is 17.8. The number of hydrogen-bond donors (Lipinski definition) is 1. The first kappa shape index (κ1) is 21.0. The Balaban J connectivity index is 2.49. The van der Waals surface area contributed by atoms with E-state index in [0.717, 1.165) is 24.5 Å². The molecule has 0 spiro atoms. The summed E-state index contributed by atoms with van der Waals surface area (Å²) < 4.78 is 10.4. The van der Waals surface area contributed by atoms with Crippen molar-refractivity contribution in [2.24, 2.45) is 4.99 Å². The maximum absolute atomic E-state index is 6.07. The minimum Gasteiger partial charge on any atom is -0.382 e. The van der Waals surface area contributed by atoms with E-state index in [2.05, 4.69) is 22.1 Å². The van der Waals surface area contributed by atoms with Gasteiger partial charge in [0.2, 0.25) is 0 Å². The molecule has 1 N–H and O–H groups in total. The summed E-state index contributed by atoms with van der Waals surface area (Å²) in [5.74, 6) is 0.862. The van der Waals surface area contributed by atoms with Crippen LogP contribution in [0.2, 0.25) is 10.0 Å². The van der Waals surface area contributed by atoms with E-state index in [0.29, 0.717) is 43.0 Å². The van der Waals surface area contributed by atoms with Crippen LogP contribution in [-0.2, 0) is 16.0 Å². The Morgan fingerprint density at radius 2 is 2.00 bits per heavy atom. The fraction of sp³-hybridized carbons (Fsp3) is 0.588. The van der Waals surface area contributed by atoms with E-state index >= 15 is 0 Å². The van der Waals surface area contributed by atoms with Gasteiger partial charge in [0.15, 0.2) is 5.96 Å². The molecule has 1 aromatic carbocycles. The highest BCUT2D eigenvalue weighted by atomic mass is 35.5. The van der Waals surface area contributed by atoms with E-state index in [1.165, 1.54) is 0 Å². The lowest BCUT2D eigenvalue weighted by molar-refractivity contribution is 0.0702. The van der Waals surface area contributed by atoms with E-state index in [1.807, 2.05) is 25.2 Å². The Kier molecular flexibility index (Phi) is 10.8. The molecule has 0 bridgehead atoms. The minimum absolute atomic E-state index is 0.567. The number of halogens is 2. The summed E-state index contributed by atoms with van der Waals surface area (Å²) in [6, 6.07) is 5.67. The summed E-state index contributed by atoms with van der Waals surface area (Å²) >= 11 is 12.0. The Morgan fingerprint density at radius 1 is 1.21 bits per heavy atom. The van der Waals surface area contributed by atoms with Crippen molar-refractivity contribution < 1.29 is 9.47 Å². The zero-order valence-electron chi connectivity index (χ0n) is 14.6. The SMILES string of the molecule is CCNC(=NCCCOCCOC)N(C)Cc1ccc(Cl)c(Cl)c1. The van der Waals surface area contributed by atoms with Gasteiger partial charge in [0.25, 0.3) is 0 Å². The lowest BCUT2D eigenvalue weighted by Crippen LogP contribution is -2.38. The molecule has 0 aromatic heterocycles. The molecule has 7 heteroatoms. The average molecular weight is 376 g/mol. The molecule has 0 fully saturated rings. The molecule has 0 atom stereocenters. The Morgan fingerprint density at radius 3 is 2.67 bits per heavy atom. The standard InChI is InChI=1S/C17H27Cl2N3O2/c1-4-20-17(21-8-5-9-24-11-10-23-3)22(2)13-14-6-7-15(18)16(19)12-14/h6-7,12H,4-5,8-11,13H2,1-3H3,(H,20,21). The first-order valence-corrected chi connectivity index (χ1v) is 8.84. The highest BCUT2D eigenvalue weighted by Gasteiger charge is 2.07. The maximum atomic E-state index is 6.07. The second-order valence-corrected chi connectivity index (χ2v) is 6.11. The van der Waals surface area contributed by atoms with Gasteiger partial charge in [-0.25, -0.2) is 0 Å². The van der Waals surface area contributed by atoms with Crippen molar-refractivity contribution in [3.8, 4) is 0 Å². The molecule has 0 unspecified atom stereocenters. The summed E-state index contributed by atoms with van der Waals surface area (Å²) in [6.45, 7) is 6.21. The van der Waals surface area contributed by atoms with Gasteiger partial charge in [-0.15, -0.1) is 0 Å². The smallest absolute Gasteiger partial charge is 0.193 e. The molecule has 0 radical (unpaired) electrons. The molecule has 136 valence electrons. The molecule has 5 nitrogen and oxygen atoms in total. The zero-order valence-corrected chi connectivity index (χ0v) is 16.2. The number of nitrogens with zero attached hydrogens (tertiary/aromatic N) is 2. The van der Waals surface area contributed by atoms with Crippen molar-refractivity contribution in [2.45, 2.75) is 19.9 Å². The van der Waals surface area contributed by atoms with Gasteiger partial charge in [-0.3, -0.25) is 4.99 Å². The van der Waals surface area contributed by atoms with Gasteiger partial charge in [0.1, 0.15) is 0 Å². The number of rotatable bonds is 10. The van der Waals surface area contributed by atoms with Crippen LogP contribution in [0.15, 0.2) is 23.2 Å². The monoisotopic (exact) mass is 375 g/mol. The molecule has 0 heterocycles. The molecule has 1 rings (SSSR count). The van der Waals surface area contributed by atoms with E-state index in [-0.39, 0.29) is 0 Å². The van der Waals surface area contributed by atoms with Crippen LogP contribution in [0.5, 0.6) is 0 Å². The van der Waals surface area contributed by atoms with Crippen molar-refractivity contribution in [3.05, 3.63) is 33.8 Å². The summed E-state index contributed by atoms with van der Waals surface area (Å²) in [4.78, 5) is 6.69. The van der Waals surface area contributed by atoms with Crippen molar-refractivity contribution >= 4 is 29.2 Å². The lowest BCUT2D eigenvalue weighted by Gasteiger charge is -2.22. The third kappa shape index (κ3) is 8.20. The van der Waals surface area contributed by atoms with Crippen molar-refractivity contribution in [1.29, 1.82) is 0 Å². The van der Waals surface area contributed by atoms with Gasteiger partial charge in [-0.05, 0) is 31.0 Å². The molecule has 1 aromatic rings. The van der Waals surface area contributed by atoms with E-state index in [1.54, 1.807) is 7.11 Å². The first-order chi connectivity index (χ1) is 11.6. The van der Waals surface area contributed by atoms with Crippen LogP contribution < -0.4 is 5.32 Å². The highest BCUT2D eigenvalue weighted by Crippen LogP contribution is 2.23. The van der Waals surface area contributed by atoms with Crippen molar-refractivity contribution in [3.63, 3.8) is 0 Å². The lowest BCUT2D eigenvalue weighted by atomic mass is 10.2. The van der Waals surface area contributed by atoms with Crippen molar-refractivity contribution in [2.75, 3.05) is 47.1 Å². The van der Waals surface area contributed by atoms with Crippen LogP contribution in [0.1, 0.15) is 18.9 Å². The molecule has 0 aliphatic rings. The number of guanidine groups is 1. The van der Waals surface area contributed by atoms with E-state index < -0.39 is 0 Å². The number of hydrogen-bond acceptors (Lipinski definition) is 3. The Labute approximate surface area is 154 Å². The number of methoxy groups -OCH3 is 1. The maximum Gasteiger partial charge on any atom is 0.193 e. The van der Waals surface area contributed by atoms with E-state index in [4.69, 9.17) is 32.7 Å². The summed E-state index contributed by atoms with van der Waals surface area (Å²) in [5, 5.41) is 4.43. The largest absolute Gasteiger partial charge is 0.382 e. The first-order valence-electron chi connectivity index (χ1n) is 8.08. The molecular formula is C17H27Cl2N3O2. The van der Waals surface area contributed by atoms with Crippen LogP contribution in [0.4, 0.5) is 0 Å². The minimum atomic E-state index is 0.567. The number of nitrogens with one attached hydrogen (secondary N) is 1. The van der Waals surface area contributed by atoms with Crippen LogP contribution >= 0.6 is 23.2 Å². The van der Waals surface area contributed by atoms with Gasteiger partial charge in [0, 0.05) is 40.4 Å². The van der Waals surface area contributed by atoms with Gasteiger partial charge in [-0.2, -0.15) is 0 Å². The molecule has 0 aliphatic heterocycles. The predicted molar refractivity (Wildman–Crippen MR) is 101 cm³/mol. The fourth-order valence-electron chi connectivity index (χ4n) is 2.05. The van der Waals surface area contributed by atoms with Crippen LogP contribution in [-0.4, -0.2) is 57.9 Å². The highest BCUT2D eigenvalue weighted by molar-refractivity contribution is 6.42. The van der Waals surface area contributed by atoms with Crippen LogP contribution in [0.25, 0.3) is 0 Å². The third-order valence-corrected chi connectivity index (χ3v) is 3.98. The number of aliphatic imine (C=N–C) groups is 1. The molecule has 0 saturated carbocycles. The Hall–Kier alpha value is -1.01. The van der Waals surface area contributed by atoms with Gasteiger partial charge >= 0.3 is 0 Å². The van der Waals surface area contributed by atoms with Crippen LogP contribution in [0.3, 0.4) is 0 Å². The number of benzene rings is 1. The molecule has 0 amide bonds.